The second-order valence-corrected chi connectivity index (χ2v) is 8.80. The summed E-state index contributed by atoms with van der Waals surface area (Å²) >= 11 is 0. The molecule has 3 heteroatoms. The van der Waals surface area contributed by atoms with Gasteiger partial charge in [0.25, 0.3) is 0 Å². The molecule has 0 aliphatic heterocycles. The molecule has 1 N–H and O–H groups in total. The molecule has 1 aromatic carbocycles. The summed E-state index contributed by atoms with van der Waals surface area (Å²) in [4.78, 5) is 12.6. The molecule has 0 aliphatic carbocycles. The van der Waals surface area contributed by atoms with Gasteiger partial charge >= 0.3 is 0 Å². The molecule has 0 fully saturated rings. The molecule has 1 aromatic rings. The highest BCUT2D eigenvalue weighted by Crippen LogP contribution is 2.34. The van der Waals surface area contributed by atoms with Gasteiger partial charge in [0.15, 0.2) is 0 Å². The molecule has 0 heterocycles. The van der Waals surface area contributed by atoms with Gasteiger partial charge in [0, 0.05) is 17.8 Å². The summed E-state index contributed by atoms with van der Waals surface area (Å²) in [6.07, 6.45) is 0.0413. The first kappa shape index (κ1) is 20.9. The lowest BCUT2D eigenvalue weighted by molar-refractivity contribution is -0.182. The molecule has 0 aromatic heterocycles. The van der Waals surface area contributed by atoms with E-state index in [0.29, 0.717) is 6.42 Å². The molecule has 0 saturated heterocycles. The number of benzene rings is 1. The predicted molar refractivity (Wildman–Crippen MR) is 99.2 cm³/mol. The number of rotatable bonds is 7. The Bertz CT molecular complexity index is 532. The van der Waals surface area contributed by atoms with Crippen molar-refractivity contribution < 1.29 is 14.6 Å². The van der Waals surface area contributed by atoms with E-state index >= 15 is 0 Å². The van der Waals surface area contributed by atoms with Gasteiger partial charge in [-0.3, -0.25) is 4.79 Å². The fourth-order valence-electron chi connectivity index (χ4n) is 2.30. The number of Topliss-reactive ketones (excluding diaryl/α,β-unsaturated/α-hetero) is 1. The minimum atomic E-state index is -1.01. The van der Waals surface area contributed by atoms with Crippen molar-refractivity contribution in [2.45, 2.75) is 85.0 Å². The fraction of sp³-hybridized carbons (Fsp3) is 0.667. The first-order valence-electron chi connectivity index (χ1n) is 8.74. The molecule has 1 rings (SSSR count). The van der Waals surface area contributed by atoms with Crippen LogP contribution in [0.5, 0.6) is 0 Å². The Labute approximate surface area is 147 Å². The Morgan fingerprint density at radius 3 is 1.96 bits per heavy atom. The molecular formula is C21H34O3. The normalized spacial score (nSPS) is 15.9. The van der Waals surface area contributed by atoms with Crippen LogP contribution in [0.1, 0.15) is 73.3 Å². The zero-order chi connectivity index (χ0) is 18.8. The standard InChI is InChI=1S/C21H34O3/c1-15(16-12-10-9-11-13-16)17(14-18(22)19(2,3)4)24-21(7,8)20(5,6)23/h9-13,15,17,23H,14H2,1-8H3/t15-,17-/m1/s1. The molecule has 0 aliphatic rings. The summed E-state index contributed by atoms with van der Waals surface area (Å²) in [6, 6.07) is 10.1. The summed E-state index contributed by atoms with van der Waals surface area (Å²) in [5.41, 5.74) is -1.04. The van der Waals surface area contributed by atoms with E-state index < -0.39 is 16.6 Å². The Balaban J connectivity index is 3.10. The van der Waals surface area contributed by atoms with Crippen LogP contribution < -0.4 is 0 Å². The predicted octanol–water partition coefficient (Wildman–Crippen LogP) is 4.73. The Hall–Kier alpha value is -1.19. The van der Waals surface area contributed by atoms with Crippen molar-refractivity contribution in [3.63, 3.8) is 0 Å². The van der Waals surface area contributed by atoms with E-state index in [-0.39, 0.29) is 17.8 Å². The Kier molecular flexibility index (Phi) is 6.40. The zero-order valence-corrected chi connectivity index (χ0v) is 16.5. The van der Waals surface area contributed by atoms with Gasteiger partial charge in [0.2, 0.25) is 0 Å². The van der Waals surface area contributed by atoms with Gasteiger partial charge < -0.3 is 9.84 Å². The number of hydrogen-bond donors (Lipinski definition) is 1. The van der Waals surface area contributed by atoms with Crippen molar-refractivity contribution in [3.05, 3.63) is 35.9 Å². The second kappa shape index (κ2) is 7.37. The van der Waals surface area contributed by atoms with Gasteiger partial charge in [-0.05, 0) is 33.3 Å². The van der Waals surface area contributed by atoms with Crippen LogP contribution in [-0.2, 0) is 9.53 Å². The maximum atomic E-state index is 12.6. The molecular weight excluding hydrogens is 300 g/mol. The molecule has 0 unspecified atom stereocenters. The van der Waals surface area contributed by atoms with Gasteiger partial charge in [-0.25, -0.2) is 0 Å². The van der Waals surface area contributed by atoms with Crippen molar-refractivity contribution in [1.82, 2.24) is 0 Å². The number of ether oxygens (including phenoxy) is 1. The Morgan fingerprint density at radius 2 is 1.54 bits per heavy atom. The minimum Gasteiger partial charge on any atom is -0.387 e. The minimum absolute atomic E-state index is 0.0547. The molecule has 0 spiro atoms. The van der Waals surface area contributed by atoms with E-state index in [2.05, 4.69) is 19.1 Å². The third-order valence-electron chi connectivity index (χ3n) is 5.03. The topological polar surface area (TPSA) is 46.5 Å². The second-order valence-electron chi connectivity index (χ2n) is 8.80. The quantitative estimate of drug-likeness (QED) is 0.784. The number of ketones is 1. The lowest BCUT2D eigenvalue weighted by atomic mass is 9.82. The third kappa shape index (κ3) is 5.42. The van der Waals surface area contributed by atoms with Crippen molar-refractivity contribution >= 4 is 5.78 Å². The van der Waals surface area contributed by atoms with Crippen molar-refractivity contribution in [2.75, 3.05) is 0 Å². The highest BCUT2D eigenvalue weighted by Gasteiger charge is 2.40. The van der Waals surface area contributed by atoms with Crippen LogP contribution in [0.3, 0.4) is 0 Å². The molecule has 24 heavy (non-hydrogen) atoms. The molecule has 0 bridgehead atoms. The van der Waals surface area contributed by atoms with Crippen molar-refractivity contribution in [1.29, 1.82) is 0 Å². The summed E-state index contributed by atoms with van der Waals surface area (Å²) in [5, 5.41) is 10.4. The maximum absolute atomic E-state index is 12.6. The highest BCUT2D eigenvalue weighted by molar-refractivity contribution is 5.84. The van der Waals surface area contributed by atoms with Crippen LogP contribution in [0.25, 0.3) is 0 Å². The SMILES string of the molecule is C[C@H](c1ccccc1)[C@@H](CC(=O)C(C)(C)C)OC(C)(C)C(C)(C)O. The number of aliphatic hydroxyl groups is 1. The first-order chi connectivity index (χ1) is 10.8. The van der Waals surface area contributed by atoms with Crippen LogP contribution in [0.4, 0.5) is 0 Å². The lowest BCUT2D eigenvalue weighted by Crippen LogP contribution is -2.50. The fourth-order valence-corrected chi connectivity index (χ4v) is 2.30. The maximum Gasteiger partial charge on any atom is 0.140 e. The third-order valence-corrected chi connectivity index (χ3v) is 5.03. The van der Waals surface area contributed by atoms with Gasteiger partial charge in [0.1, 0.15) is 5.78 Å². The van der Waals surface area contributed by atoms with Crippen LogP contribution in [0, 0.1) is 5.41 Å². The molecule has 0 radical (unpaired) electrons. The van der Waals surface area contributed by atoms with Crippen LogP contribution in [0.15, 0.2) is 30.3 Å². The Morgan fingerprint density at radius 1 is 1.04 bits per heavy atom. The van der Waals surface area contributed by atoms with Gasteiger partial charge in [0.05, 0.1) is 17.3 Å². The van der Waals surface area contributed by atoms with Crippen molar-refractivity contribution in [2.24, 2.45) is 5.41 Å². The summed E-state index contributed by atoms with van der Waals surface area (Å²) < 4.78 is 6.31. The van der Waals surface area contributed by atoms with E-state index in [9.17, 15) is 9.90 Å². The number of carbonyl (C=O) groups excluding carboxylic acids is 1. The van der Waals surface area contributed by atoms with Crippen molar-refractivity contribution in [3.8, 4) is 0 Å². The van der Waals surface area contributed by atoms with E-state index in [1.165, 1.54) is 0 Å². The molecule has 0 amide bonds. The average Bonchev–Trinajstić information content (AvgIpc) is 2.44. The molecule has 3 nitrogen and oxygen atoms in total. The molecule has 2 atom stereocenters. The highest BCUT2D eigenvalue weighted by atomic mass is 16.5. The van der Waals surface area contributed by atoms with Gasteiger partial charge in [-0.15, -0.1) is 0 Å². The zero-order valence-electron chi connectivity index (χ0n) is 16.5. The summed E-state index contributed by atoms with van der Waals surface area (Å²) in [5.74, 6) is 0.223. The van der Waals surface area contributed by atoms with E-state index in [1.54, 1.807) is 13.8 Å². The lowest BCUT2D eigenvalue weighted by Gasteiger charge is -2.42. The first-order valence-corrected chi connectivity index (χ1v) is 8.74. The molecule has 0 saturated carbocycles. The monoisotopic (exact) mass is 334 g/mol. The van der Waals surface area contributed by atoms with Crippen LogP contribution >= 0.6 is 0 Å². The summed E-state index contributed by atoms with van der Waals surface area (Å²) in [7, 11) is 0. The van der Waals surface area contributed by atoms with Crippen LogP contribution in [0.2, 0.25) is 0 Å². The van der Waals surface area contributed by atoms with Gasteiger partial charge in [-0.2, -0.15) is 0 Å². The molecule has 136 valence electrons. The van der Waals surface area contributed by atoms with E-state index in [1.807, 2.05) is 52.8 Å². The number of carbonyl (C=O) groups is 1. The van der Waals surface area contributed by atoms with E-state index in [0.717, 1.165) is 5.56 Å². The smallest absolute Gasteiger partial charge is 0.140 e. The average molecular weight is 335 g/mol. The van der Waals surface area contributed by atoms with Gasteiger partial charge in [-0.1, -0.05) is 58.0 Å². The van der Waals surface area contributed by atoms with E-state index in [4.69, 9.17) is 4.74 Å². The number of hydrogen-bond acceptors (Lipinski definition) is 3. The van der Waals surface area contributed by atoms with Crippen LogP contribution in [-0.4, -0.2) is 28.2 Å². The largest absolute Gasteiger partial charge is 0.387 e. The summed E-state index contributed by atoms with van der Waals surface area (Å²) in [6.45, 7) is 15.1.